The molecular formula is C17H23BrN2O3. The molecule has 1 aromatic rings. The maximum Gasteiger partial charge on any atom is 0.325 e. The molecular weight excluding hydrogens is 360 g/mol. The van der Waals surface area contributed by atoms with E-state index >= 15 is 0 Å². The second kappa shape index (κ2) is 7.34. The molecule has 126 valence electrons. The molecule has 0 unspecified atom stereocenters. The SMILES string of the molecule is CCCC1(CCC)NC(=O)N(Cc2ccc(OC)c(Br)c2)C1=O. The zero-order valence-electron chi connectivity index (χ0n) is 13.8. The quantitative estimate of drug-likeness (QED) is 0.728. The van der Waals surface area contributed by atoms with E-state index in [0.29, 0.717) is 12.8 Å². The number of hydrogen-bond donors (Lipinski definition) is 1. The Morgan fingerprint density at radius 1 is 1.22 bits per heavy atom. The predicted molar refractivity (Wildman–Crippen MR) is 92.3 cm³/mol. The summed E-state index contributed by atoms with van der Waals surface area (Å²) in [7, 11) is 1.60. The van der Waals surface area contributed by atoms with E-state index in [1.165, 1.54) is 4.90 Å². The van der Waals surface area contributed by atoms with Crippen LogP contribution in [0.25, 0.3) is 0 Å². The van der Waals surface area contributed by atoms with Crippen LogP contribution in [0.3, 0.4) is 0 Å². The molecule has 1 aliphatic rings. The molecule has 1 aliphatic heterocycles. The number of rotatable bonds is 7. The summed E-state index contributed by atoms with van der Waals surface area (Å²) in [5, 5.41) is 2.93. The number of carbonyl (C=O) groups excluding carboxylic acids is 2. The van der Waals surface area contributed by atoms with Crippen molar-refractivity contribution in [2.45, 2.75) is 51.6 Å². The third-order valence-corrected chi connectivity index (χ3v) is 4.78. The lowest BCUT2D eigenvalue weighted by Gasteiger charge is -2.25. The number of amides is 3. The molecule has 6 heteroatoms. The number of nitrogens with zero attached hydrogens (tertiary/aromatic N) is 1. The van der Waals surface area contributed by atoms with Gasteiger partial charge in [-0.15, -0.1) is 0 Å². The summed E-state index contributed by atoms with van der Waals surface area (Å²) in [4.78, 5) is 26.5. The van der Waals surface area contributed by atoms with Crippen molar-refractivity contribution in [2.75, 3.05) is 7.11 Å². The van der Waals surface area contributed by atoms with Crippen LogP contribution >= 0.6 is 15.9 Å². The molecule has 0 bridgehead atoms. The highest BCUT2D eigenvalue weighted by molar-refractivity contribution is 9.10. The number of ether oxygens (including phenoxy) is 1. The van der Waals surface area contributed by atoms with Gasteiger partial charge in [-0.2, -0.15) is 0 Å². The molecule has 1 fully saturated rings. The van der Waals surface area contributed by atoms with E-state index in [-0.39, 0.29) is 18.5 Å². The van der Waals surface area contributed by atoms with Gasteiger partial charge in [0.2, 0.25) is 0 Å². The molecule has 0 spiro atoms. The standard InChI is InChI=1S/C17H23BrN2O3/c1-4-8-17(9-5-2)15(21)20(16(22)19-17)11-12-6-7-14(23-3)13(18)10-12/h6-7,10H,4-5,8-9,11H2,1-3H3,(H,19,22). The Morgan fingerprint density at radius 3 is 2.39 bits per heavy atom. The zero-order valence-corrected chi connectivity index (χ0v) is 15.4. The molecule has 3 amide bonds. The maximum absolute atomic E-state index is 12.8. The summed E-state index contributed by atoms with van der Waals surface area (Å²) in [6.45, 7) is 4.32. The average Bonchev–Trinajstić information content (AvgIpc) is 2.73. The number of urea groups is 1. The van der Waals surface area contributed by atoms with Crippen molar-refractivity contribution in [2.24, 2.45) is 0 Å². The molecule has 0 radical (unpaired) electrons. The molecule has 0 saturated carbocycles. The van der Waals surface area contributed by atoms with Crippen molar-refractivity contribution < 1.29 is 14.3 Å². The average molecular weight is 383 g/mol. The highest BCUT2D eigenvalue weighted by atomic mass is 79.9. The van der Waals surface area contributed by atoms with E-state index in [4.69, 9.17) is 4.74 Å². The van der Waals surface area contributed by atoms with Crippen molar-refractivity contribution in [1.29, 1.82) is 0 Å². The van der Waals surface area contributed by atoms with Crippen LogP contribution < -0.4 is 10.1 Å². The molecule has 23 heavy (non-hydrogen) atoms. The summed E-state index contributed by atoms with van der Waals surface area (Å²) in [6.07, 6.45) is 3.06. The first-order valence-corrected chi connectivity index (χ1v) is 8.73. The minimum atomic E-state index is -0.732. The molecule has 2 rings (SSSR count). The fourth-order valence-electron chi connectivity index (χ4n) is 3.13. The molecule has 1 N–H and O–H groups in total. The zero-order chi connectivity index (χ0) is 17.0. The van der Waals surface area contributed by atoms with Gasteiger partial charge in [0.25, 0.3) is 5.91 Å². The summed E-state index contributed by atoms with van der Waals surface area (Å²) in [6, 6.07) is 5.26. The first-order chi connectivity index (χ1) is 11.0. The van der Waals surface area contributed by atoms with Crippen LogP contribution in [-0.2, 0) is 11.3 Å². The van der Waals surface area contributed by atoms with E-state index in [9.17, 15) is 9.59 Å². The summed E-state index contributed by atoms with van der Waals surface area (Å²) in [5.74, 6) is 0.607. The Labute approximate surface area is 145 Å². The molecule has 0 aromatic heterocycles. The van der Waals surface area contributed by atoms with Crippen LogP contribution in [0.15, 0.2) is 22.7 Å². The number of halogens is 1. The van der Waals surface area contributed by atoms with Crippen LogP contribution in [0.5, 0.6) is 5.75 Å². The van der Waals surface area contributed by atoms with Crippen LogP contribution in [0.2, 0.25) is 0 Å². The molecule has 0 atom stereocenters. The summed E-state index contributed by atoms with van der Waals surface area (Å²) < 4.78 is 6.01. The lowest BCUT2D eigenvalue weighted by Crippen LogP contribution is -2.46. The highest BCUT2D eigenvalue weighted by Crippen LogP contribution is 2.30. The Bertz CT molecular complexity index is 598. The number of carbonyl (C=O) groups is 2. The lowest BCUT2D eigenvalue weighted by atomic mass is 9.88. The largest absolute Gasteiger partial charge is 0.496 e. The number of hydrogen-bond acceptors (Lipinski definition) is 3. The third-order valence-electron chi connectivity index (χ3n) is 4.16. The van der Waals surface area contributed by atoms with Gasteiger partial charge in [0, 0.05) is 0 Å². The first-order valence-electron chi connectivity index (χ1n) is 7.94. The van der Waals surface area contributed by atoms with Crippen molar-refractivity contribution in [3.63, 3.8) is 0 Å². The van der Waals surface area contributed by atoms with E-state index in [1.54, 1.807) is 7.11 Å². The Morgan fingerprint density at radius 2 is 1.87 bits per heavy atom. The van der Waals surface area contributed by atoms with E-state index in [1.807, 2.05) is 32.0 Å². The normalized spacial score (nSPS) is 16.6. The number of nitrogens with one attached hydrogen (secondary N) is 1. The second-order valence-electron chi connectivity index (χ2n) is 5.87. The molecule has 5 nitrogen and oxygen atoms in total. The molecule has 1 aromatic carbocycles. The first kappa shape index (κ1) is 17.8. The van der Waals surface area contributed by atoms with Gasteiger partial charge in [0.1, 0.15) is 11.3 Å². The van der Waals surface area contributed by atoms with Crippen LogP contribution in [0, 0.1) is 0 Å². The fraction of sp³-hybridized carbons (Fsp3) is 0.529. The molecule has 1 saturated heterocycles. The van der Waals surface area contributed by atoms with Crippen molar-refractivity contribution in [3.05, 3.63) is 28.2 Å². The number of benzene rings is 1. The van der Waals surface area contributed by atoms with E-state index < -0.39 is 5.54 Å². The lowest BCUT2D eigenvalue weighted by molar-refractivity contribution is -0.132. The number of imide groups is 1. The summed E-state index contributed by atoms with van der Waals surface area (Å²) in [5.41, 5.74) is 0.148. The molecule has 0 aliphatic carbocycles. The van der Waals surface area contributed by atoms with Gasteiger partial charge in [-0.3, -0.25) is 9.69 Å². The minimum absolute atomic E-state index is 0.113. The van der Waals surface area contributed by atoms with Crippen LogP contribution in [0.1, 0.15) is 45.1 Å². The maximum atomic E-state index is 12.8. The topological polar surface area (TPSA) is 58.6 Å². The smallest absolute Gasteiger partial charge is 0.325 e. The molecule has 1 heterocycles. The highest BCUT2D eigenvalue weighted by Gasteiger charge is 2.49. The monoisotopic (exact) mass is 382 g/mol. The van der Waals surface area contributed by atoms with Gasteiger partial charge in [-0.1, -0.05) is 32.8 Å². The van der Waals surface area contributed by atoms with Crippen molar-refractivity contribution in [3.8, 4) is 5.75 Å². The van der Waals surface area contributed by atoms with Gasteiger partial charge in [0.05, 0.1) is 18.1 Å². The van der Waals surface area contributed by atoms with Gasteiger partial charge < -0.3 is 10.1 Å². The third kappa shape index (κ3) is 3.52. The Hall–Kier alpha value is -1.56. The predicted octanol–water partition coefficient (Wildman–Crippen LogP) is 3.85. The van der Waals surface area contributed by atoms with E-state index in [0.717, 1.165) is 28.6 Å². The second-order valence-corrected chi connectivity index (χ2v) is 6.73. The van der Waals surface area contributed by atoms with Crippen molar-refractivity contribution in [1.82, 2.24) is 10.2 Å². The fourth-order valence-corrected chi connectivity index (χ4v) is 3.72. The van der Waals surface area contributed by atoms with Gasteiger partial charge in [-0.05, 0) is 46.5 Å². The van der Waals surface area contributed by atoms with Gasteiger partial charge in [0.15, 0.2) is 0 Å². The van der Waals surface area contributed by atoms with Gasteiger partial charge in [-0.25, -0.2) is 4.79 Å². The Balaban J connectivity index is 2.21. The number of methoxy groups -OCH3 is 1. The van der Waals surface area contributed by atoms with Crippen LogP contribution in [0.4, 0.5) is 4.79 Å². The Kier molecular flexibility index (Phi) is 5.68. The minimum Gasteiger partial charge on any atom is -0.496 e. The van der Waals surface area contributed by atoms with Gasteiger partial charge >= 0.3 is 6.03 Å². The van der Waals surface area contributed by atoms with Crippen LogP contribution in [-0.4, -0.2) is 29.5 Å². The van der Waals surface area contributed by atoms with Crippen molar-refractivity contribution >= 4 is 27.9 Å². The summed E-state index contributed by atoms with van der Waals surface area (Å²) >= 11 is 3.43. The van der Waals surface area contributed by atoms with E-state index in [2.05, 4.69) is 21.2 Å².